The Morgan fingerprint density at radius 1 is 0.929 bits per heavy atom. The minimum Gasteiger partial charge on any atom is -0.425 e. The number of fused-ring (bicyclic) bond motifs is 1. The first-order valence-corrected chi connectivity index (χ1v) is 9.93. The van der Waals surface area contributed by atoms with E-state index in [1.54, 1.807) is 7.05 Å². The van der Waals surface area contributed by atoms with Crippen LogP contribution in [0.25, 0.3) is 11.2 Å². The number of aromatic nitrogens is 4. The number of aryl methyl sites for hydroxylation is 2. The van der Waals surface area contributed by atoms with Crippen molar-refractivity contribution in [3.8, 4) is 11.8 Å². The quantitative estimate of drug-likeness (QED) is 0.529. The van der Waals surface area contributed by atoms with Crippen LogP contribution in [0.3, 0.4) is 0 Å². The normalized spacial score (nSPS) is 11.2. The molecule has 0 radical (unpaired) electrons. The van der Waals surface area contributed by atoms with Gasteiger partial charge in [-0.25, -0.2) is 4.79 Å². The topological polar surface area (TPSA) is 71.1 Å². The highest BCUT2D eigenvalue weighted by molar-refractivity contribution is 5.72. The van der Waals surface area contributed by atoms with Crippen LogP contribution in [0.1, 0.15) is 45.4 Å². The van der Waals surface area contributed by atoms with E-state index in [-0.39, 0.29) is 5.56 Å². The highest BCUT2D eigenvalue weighted by Crippen LogP contribution is 2.24. The van der Waals surface area contributed by atoms with Gasteiger partial charge in [-0.05, 0) is 18.6 Å². The lowest BCUT2D eigenvalue weighted by atomic mass is 10.1. The number of benzene rings is 1. The minimum atomic E-state index is -0.395. The lowest BCUT2D eigenvalue weighted by Crippen LogP contribution is -2.37. The largest absolute Gasteiger partial charge is 0.425 e. The summed E-state index contributed by atoms with van der Waals surface area (Å²) >= 11 is 0. The molecule has 3 aromatic rings. The number of hydrogen-bond donors (Lipinski definition) is 0. The first-order chi connectivity index (χ1) is 13.5. The van der Waals surface area contributed by atoms with E-state index < -0.39 is 5.69 Å². The lowest BCUT2D eigenvalue weighted by molar-refractivity contribution is 0.408. The van der Waals surface area contributed by atoms with Crippen LogP contribution in [0.4, 0.5) is 0 Å². The van der Waals surface area contributed by atoms with Gasteiger partial charge in [-0.2, -0.15) is 4.98 Å². The van der Waals surface area contributed by atoms with Gasteiger partial charge in [-0.15, -0.1) is 0 Å². The Hall–Kier alpha value is -2.83. The fraction of sp³-hybridized carbons (Fsp3) is 0.476. The highest BCUT2D eigenvalue weighted by Gasteiger charge is 2.20. The molecule has 7 heteroatoms. The Balaban J connectivity index is 1.98. The highest BCUT2D eigenvalue weighted by atomic mass is 16.5. The number of ether oxygens (including phenoxy) is 1. The molecule has 0 aliphatic carbocycles. The van der Waals surface area contributed by atoms with Gasteiger partial charge >= 0.3 is 11.7 Å². The molecule has 28 heavy (non-hydrogen) atoms. The van der Waals surface area contributed by atoms with E-state index in [2.05, 4.69) is 11.9 Å². The second-order valence-electron chi connectivity index (χ2n) is 7.11. The van der Waals surface area contributed by atoms with E-state index in [4.69, 9.17) is 4.74 Å². The molecule has 0 bridgehead atoms. The summed E-state index contributed by atoms with van der Waals surface area (Å²) in [6.07, 6.45) is 6.86. The molecular formula is C21H28N4O3. The zero-order valence-corrected chi connectivity index (χ0v) is 16.9. The van der Waals surface area contributed by atoms with Crippen molar-refractivity contribution >= 4 is 11.2 Å². The van der Waals surface area contributed by atoms with E-state index in [9.17, 15) is 9.59 Å². The van der Waals surface area contributed by atoms with Crippen LogP contribution in [0.15, 0.2) is 39.9 Å². The van der Waals surface area contributed by atoms with Gasteiger partial charge in [0.1, 0.15) is 5.75 Å². The van der Waals surface area contributed by atoms with E-state index in [1.165, 1.54) is 37.3 Å². The van der Waals surface area contributed by atoms with Crippen molar-refractivity contribution in [1.29, 1.82) is 0 Å². The Bertz CT molecular complexity index is 1050. The van der Waals surface area contributed by atoms with Gasteiger partial charge in [0, 0.05) is 20.6 Å². The molecule has 0 amide bonds. The monoisotopic (exact) mass is 384 g/mol. The maximum absolute atomic E-state index is 12.8. The van der Waals surface area contributed by atoms with Crippen LogP contribution in [0, 0.1) is 0 Å². The van der Waals surface area contributed by atoms with E-state index in [1.807, 2.05) is 34.9 Å². The summed E-state index contributed by atoms with van der Waals surface area (Å²) < 4.78 is 10.3. The average Bonchev–Trinajstić information content (AvgIpc) is 3.06. The zero-order chi connectivity index (χ0) is 20.1. The zero-order valence-electron chi connectivity index (χ0n) is 16.9. The number of rotatable bonds is 9. The van der Waals surface area contributed by atoms with Crippen LogP contribution in [0.2, 0.25) is 0 Å². The summed E-state index contributed by atoms with van der Waals surface area (Å²) in [5.74, 6) is 0.642. The van der Waals surface area contributed by atoms with Crippen molar-refractivity contribution in [3.05, 3.63) is 51.2 Å². The van der Waals surface area contributed by atoms with Crippen molar-refractivity contribution in [2.45, 2.75) is 52.0 Å². The summed E-state index contributed by atoms with van der Waals surface area (Å²) in [6.45, 7) is 2.82. The van der Waals surface area contributed by atoms with Crippen LogP contribution >= 0.6 is 0 Å². The molecule has 1 aromatic carbocycles. The van der Waals surface area contributed by atoms with E-state index in [0.29, 0.717) is 29.5 Å². The first-order valence-electron chi connectivity index (χ1n) is 9.93. The molecule has 0 unspecified atom stereocenters. The van der Waals surface area contributed by atoms with Gasteiger partial charge in [0.25, 0.3) is 5.56 Å². The fourth-order valence-corrected chi connectivity index (χ4v) is 3.36. The molecule has 0 saturated heterocycles. The Labute approximate surface area is 164 Å². The van der Waals surface area contributed by atoms with Crippen LogP contribution in [0.5, 0.6) is 11.8 Å². The van der Waals surface area contributed by atoms with Crippen molar-refractivity contribution in [2.75, 3.05) is 0 Å². The van der Waals surface area contributed by atoms with Crippen LogP contribution in [-0.4, -0.2) is 18.7 Å². The van der Waals surface area contributed by atoms with Crippen molar-refractivity contribution in [2.24, 2.45) is 14.1 Å². The third-order valence-electron chi connectivity index (χ3n) is 5.00. The fourth-order valence-electron chi connectivity index (χ4n) is 3.36. The molecule has 150 valence electrons. The third kappa shape index (κ3) is 4.03. The molecule has 0 fully saturated rings. The molecular weight excluding hydrogens is 356 g/mol. The summed E-state index contributed by atoms with van der Waals surface area (Å²) in [5.41, 5.74) is 0.0153. The van der Waals surface area contributed by atoms with Gasteiger partial charge in [0.2, 0.25) is 0 Å². The number of imidazole rings is 1. The molecule has 0 saturated carbocycles. The molecule has 0 spiro atoms. The average molecular weight is 384 g/mol. The van der Waals surface area contributed by atoms with Crippen LogP contribution in [-0.2, 0) is 20.6 Å². The van der Waals surface area contributed by atoms with Gasteiger partial charge in [0.15, 0.2) is 11.2 Å². The van der Waals surface area contributed by atoms with Gasteiger partial charge in [-0.1, -0.05) is 57.2 Å². The molecule has 0 atom stereocenters. The molecule has 0 N–H and O–H groups in total. The first kappa shape index (κ1) is 19.9. The Morgan fingerprint density at radius 3 is 2.32 bits per heavy atom. The molecule has 2 heterocycles. The predicted molar refractivity (Wildman–Crippen MR) is 110 cm³/mol. The van der Waals surface area contributed by atoms with Gasteiger partial charge < -0.3 is 4.74 Å². The second kappa shape index (κ2) is 8.91. The molecule has 2 aromatic heterocycles. The minimum absolute atomic E-state index is 0.341. The van der Waals surface area contributed by atoms with Crippen molar-refractivity contribution in [3.63, 3.8) is 0 Å². The summed E-state index contributed by atoms with van der Waals surface area (Å²) in [6, 6.07) is 9.69. The number of nitrogens with zero attached hydrogens (tertiary/aromatic N) is 4. The molecule has 7 nitrogen and oxygen atoms in total. The molecule has 0 aliphatic heterocycles. The maximum atomic E-state index is 12.8. The lowest BCUT2D eigenvalue weighted by Gasteiger charge is -2.10. The van der Waals surface area contributed by atoms with Gasteiger partial charge in [0.05, 0.1) is 0 Å². The number of hydrogen-bond acceptors (Lipinski definition) is 4. The Morgan fingerprint density at radius 2 is 1.61 bits per heavy atom. The Kier molecular flexibility index (Phi) is 6.34. The van der Waals surface area contributed by atoms with E-state index in [0.717, 1.165) is 17.4 Å². The van der Waals surface area contributed by atoms with Crippen molar-refractivity contribution < 1.29 is 4.74 Å². The van der Waals surface area contributed by atoms with Crippen LogP contribution < -0.4 is 16.0 Å². The molecule has 3 rings (SSSR count). The van der Waals surface area contributed by atoms with E-state index >= 15 is 0 Å². The SMILES string of the molecule is CCCCCCCCn1c(Oc2ccccc2)nc2c1c(=O)n(C)c(=O)n2C. The van der Waals surface area contributed by atoms with Gasteiger partial charge in [-0.3, -0.25) is 18.5 Å². The standard InChI is InChI=1S/C21H28N4O3/c1-4-5-6-7-8-12-15-25-17-18(23(2)21(27)24(3)19(17)26)22-20(25)28-16-13-10-9-11-14-16/h9-11,13-14H,4-8,12,15H2,1-3H3. The summed E-state index contributed by atoms with van der Waals surface area (Å²) in [7, 11) is 3.11. The number of unbranched alkanes of at least 4 members (excludes halogenated alkanes) is 5. The summed E-state index contributed by atoms with van der Waals surface area (Å²) in [5, 5.41) is 0. The number of para-hydroxylation sites is 1. The molecule has 0 aliphatic rings. The van der Waals surface area contributed by atoms with Crippen molar-refractivity contribution in [1.82, 2.24) is 18.7 Å². The summed E-state index contributed by atoms with van der Waals surface area (Å²) in [4.78, 5) is 29.6. The second-order valence-corrected chi connectivity index (χ2v) is 7.11. The third-order valence-corrected chi connectivity index (χ3v) is 5.00. The maximum Gasteiger partial charge on any atom is 0.332 e. The smallest absolute Gasteiger partial charge is 0.332 e. The predicted octanol–water partition coefficient (Wildman–Crippen LogP) is 3.59.